The number of hydrogen-bond donors (Lipinski definition) is 1. The van der Waals surface area contributed by atoms with Gasteiger partial charge in [-0.2, -0.15) is 0 Å². The lowest BCUT2D eigenvalue weighted by Crippen LogP contribution is -2.22. The standard InChI is InChI=1S/C24H24N4O2/c29-24-23-21(25-9-7-22(23)28-11-17-14-30-15-18(17)12-28)13-27(24)10-8-19-6-5-16-3-1-2-4-20(16)26-19/h1-7,9,13,17-18,29H,8,10-12,14-15H2. The molecule has 0 spiro atoms. The first-order valence-corrected chi connectivity index (χ1v) is 10.6. The molecule has 6 heteroatoms. The molecule has 2 fully saturated rings. The van der Waals surface area contributed by atoms with Gasteiger partial charge >= 0.3 is 0 Å². The Hall–Kier alpha value is -3.12. The van der Waals surface area contributed by atoms with Crippen molar-refractivity contribution in [3.8, 4) is 5.88 Å². The van der Waals surface area contributed by atoms with Crippen LogP contribution in [0.5, 0.6) is 5.88 Å². The van der Waals surface area contributed by atoms with E-state index < -0.39 is 0 Å². The van der Waals surface area contributed by atoms with Crippen LogP contribution in [-0.4, -0.2) is 45.9 Å². The quantitative estimate of drug-likeness (QED) is 0.567. The lowest BCUT2D eigenvalue weighted by Gasteiger charge is -2.20. The number of ether oxygens (including phenoxy) is 1. The highest BCUT2D eigenvalue weighted by Crippen LogP contribution is 2.39. The number of aromatic hydroxyl groups is 1. The number of pyridine rings is 2. The second kappa shape index (κ2) is 6.99. The summed E-state index contributed by atoms with van der Waals surface area (Å²) in [7, 11) is 0. The average Bonchev–Trinajstić information content (AvgIpc) is 3.46. The largest absolute Gasteiger partial charge is 0.494 e. The SMILES string of the molecule is Oc1c2c(N3CC4COCC4C3)ccnc2cn1CCc1ccc2ccccc2n1. The smallest absolute Gasteiger partial charge is 0.202 e. The van der Waals surface area contributed by atoms with E-state index in [1.165, 1.54) is 0 Å². The molecule has 5 heterocycles. The molecule has 2 saturated heterocycles. The van der Waals surface area contributed by atoms with Crippen molar-refractivity contribution in [1.29, 1.82) is 0 Å². The Labute approximate surface area is 174 Å². The molecule has 0 bridgehead atoms. The predicted molar refractivity (Wildman–Crippen MR) is 117 cm³/mol. The van der Waals surface area contributed by atoms with Crippen LogP contribution in [0.4, 0.5) is 5.69 Å². The van der Waals surface area contributed by atoms with Crippen molar-refractivity contribution < 1.29 is 9.84 Å². The molecular formula is C24H24N4O2. The Bertz CT molecular complexity index is 1220. The van der Waals surface area contributed by atoms with Crippen molar-refractivity contribution in [1.82, 2.24) is 14.5 Å². The number of fused-ring (bicyclic) bond motifs is 3. The minimum atomic E-state index is 0.294. The van der Waals surface area contributed by atoms with E-state index in [0.29, 0.717) is 24.3 Å². The zero-order valence-electron chi connectivity index (χ0n) is 16.7. The third-order valence-electron chi connectivity index (χ3n) is 6.58. The summed E-state index contributed by atoms with van der Waals surface area (Å²) in [6.45, 7) is 4.32. The van der Waals surface area contributed by atoms with E-state index in [1.54, 1.807) is 0 Å². The summed E-state index contributed by atoms with van der Waals surface area (Å²) in [5.74, 6) is 1.48. The van der Waals surface area contributed by atoms with Gasteiger partial charge in [0, 0.05) is 61.4 Å². The number of rotatable bonds is 4. The van der Waals surface area contributed by atoms with Crippen molar-refractivity contribution in [2.75, 3.05) is 31.2 Å². The van der Waals surface area contributed by atoms with Crippen molar-refractivity contribution >= 4 is 27.5 Å². The lowest BCUT2D eigenvalue weighted by molar-refractivity contribution is 0.177. The lowest BCUT2D eigenvalue weighted by atomic mass is 10.0. The molecule has 1 N–H and O–H groups in total. The van der Waals surface area contributed by atoms with Gasteiger partial charge in [0.15, 0.2) is 0 Å². The molecule has 0 aliphatic carbocycles. The van der Waals surface area contributed by atoms with E-state index in [9.17, 15) is 5.11 Å². The first kappa shape index (κ1) is 17.7. The fourth-order valence-electron chi connectivity index (χ4n) is 4.95. The van der Waals surface area contributed by atoms with E-state index in [-0.39, 0.29) is 0 Å². The molecule has 152 valence electrons. The summed E-state index contributed by atoms with van der Waals surface area (Å²) < 4.78 is 7.51. The van der Waals surface area contributed by atoms with Gasteiger partial charge in [0.05, 0.1) is 35.3 Å². The molecule has 1 aromatic carbocycles. The highest BCUT2D eigenvalue weighted by Gasteiger charge is 2.38. The maximum absolute atomic E-state index is 11.0. The van der Waals surface area contributed by atoms with Gasteiger partial charge in [-0.25, -0.2) is 0 Å². The van der Waals surface area contributed by atoms with Gasteiger partial charge in [-0.1, -0.05) is 24.3 Å². The average molecular weight is 400 g/mol. The molecule has 2 aliphatic heterocycles. The highest BCUT2D eigenvalue weighted by atomic mass is 16.5. The summed E-state index contributed by atoms with van der Waals surface area (Å²) in [5.41, 5.74) is 3.94. The third kappa shape index (κ3) is 2.91. The molecule has 3 aromatic heterocycles. The van der Waals surface area contributed by atoms with Crippen molar-refractivity contribution in [2.24, 2.45) is 11.8 Å². The second-order valence-electron chi connectivity index (χ2n) is 8.44. The third-order valence-corrected chi connectivity index (χ3v) is 6.58. The summed E-state index contributed by atoms with van der Waals surface area (Å²) in [5, 5.41) is 13.0. The number of hydrogen-bond acceptors (Lipinski definition) is 5. The van der Waals surface area contributed by atoms with Gasteiger partial charge in [-0.15, -0.1) is 0 Å². The van der Waals surface area contributed by atoms with E-state index in [2.05, 4.69) is 28.1 Å². The highest BCUT2D eigenvalue weighted by molar-refractivity contribution is 5.96. The monoisotopic (exact) mass is 400 g/mol. The van der Waals surface area contributed by atoms with Crippen LogP contribution in [0, 0.1) is 11.8 Å². The van der Waals surface area contributed by atoms with Gasteiger partial charge in [0.25, 0.3) is 0 Å². The minimum Gasteiger partial charge on any atom is -0.494 e. The fraction of sp³-hybridized carbons (Fsp3) is 0.333. The first-order valence-electron chi connectivity index (χ1n) is 10.6. The molecule has 30 heavy (non-hydrogen) atoms. The Morgan fingerprint density at radius 2 is 1.83 bits per heavy atom. The number of para-hydroxylation sites is 1. The number of benzene rings is 1. The van der Waals surface area contributed by atoms with Crippen LogP contribution < -0.4 is 4.90 Å². The van der Waals surface area contributed by atoms with Crippen LogP contribution in [0.15, 0.2) is 54.9 Å². The Morgan fingerprint density at radius 1 is 1.00 bits per heavy atom. The number of aryl methyl sites for hydroxylation is 2. The van der Waals surface area contributed by atoms with Crippen LogP contribution in [0.25, 0.3) is 21.8 Å². The van der Waals surface area contributed by atoms with Crippen LogP contribution in [0.3, 0.4) is 0 Å². The van der Waals surface area contributed by atoms with Crippen LogP contribution in [-0.2, 0) is 17.7 Å². The first-order chi connectivity index (χ1) is 14.8. The van der Waals surface area contributed by atoms with Crippen LogP contribution >= 0.6 is 0 Å². The number of nitrogens with zero attached hydrogens (tertiary/aromatic N) is 4. The zero-order valence-corrected chi connectivity index (χ0v) is 16.7. The molecular weight excluding hydrogens is 376 g/mol. The van der Waals surface area contributed by atoms with Gasteiger partial charge in [-0.05, 0) is 18.2 Å². The Balaban J connectivity index is 1.28. The van der Waals surface area contributed by atoms with Gasteiger partial charge < -0.3 is 19.3 Å². The van der Waals surface area contributed by atoms with Crippen LogP contribution in [0.2, 0.25) is 0 Å². The maximum atomic E-state index is 11.0. The number of aromatic nitrogens is 3. The molecule has 0 amide bonds. The summed E-state index contributed by atoms with van der Waals surface area (Å²) in [6.07, 6.45) is 4.55. The van der Waals surface area contributed by atoms with Crippen molar-refractivity contribution in [3.05, 3.63) is 60.6 Å². The zero-order chi connectivity index (χ0) is 20.1. The fourth-order valence-corrected chi connectivity index (χ4v) is 4.95. The molecule has 6 nitrogen and oxygen atoms in total. The Kier molecular flexibility index (Phi) is 4.13. The minimum absolute atomic E-state index is 0.294. The summed E-state index contributed by atoms with van der Waals surface area (Å²) >= 11 is 0. The normalized spacial score (nSPS) is 21.0. The Morgan fingerprint density at radius 3 is 2.70 bits per heavy atom. The van der Waals surface area contributed by atoms with E-state index >= 15 is 0 Å². The number of anilines is 1. The molecule has 2 atom stereocenters. The van der Waals surface area contributed by atoms with E-state index in [0.717, 1.165) is 65.9 Å². The predicted octanol–water partition coefficient (Wildman–Crippen LogP) is 3.62. The molecule has 2 unspecified atom stereocenters. The summed E-state index contributed by atoms with van der Waals surface area (Å²) in [4.78, 5) is 11.7. The van der Waals surface area contributed by atoms with Crippen molar-refractivity contribution in [3.63, 3.8) is 0 Å². The molecule has 6 rings (SSSR count). The van der Waals surface area contributed by atoms with E-state index in [1.807, 2.05) is 41.2 Å². The molecule has 2 aliphatic rings. The van der Waals surface area contributed by atoms with Crippen LogP contribution in [0.1, 0.15) is 5.69 Å². The molecule has 0 radical (unpaired) electrons. The molecule has 0 saturated carbocycles. The van der Waals surface area contributed by atoms with E-state index in [4.69, 9.17) is 9.72 Å². The van der Waals surface area contributed by atoms with Gasteiger partial charge in [-0.3, -0.25) is 9.97 Å². The maximum Gasteiger partial charge on any atom is 0.202 e. The van der Waals surface area contributed by atoms with Crippen molar-refractivity contribution in [2.45, 2.75) is 13.0 Å². The van der Waals surface area contributed by atoms with Gasteiger partial charge in [0.1, 0.15) is 0 Å². The summed E-state index contributed by atoms with van der Waals surface area (Å²) in [6, 6.07) is 14.3. The second-order valence-corrected chi connectivity index (χ2v) is 8.44. The molecule has 4 aromatic rings. The topological polar surface area (TPSA) is 63.4 Å². The van der Waals surface area contributed by atoms with Gasteiger partial charge in [0.2, 0.25) is 5.88 Å².